The summed E-state index contributed by atoms with van der Waals surface area (Å²) in [6, 6.07) is 29.8. The fraction of sp³-hybridized carbons (Fsp3) is 0.167. The predicted octanol–water partition coefficient (Wildman–Crippen LogP) is 6.44. The molecule has 0 saturated carbocycles. The van der Waals surface area contributed by atoms with Crippen LogP contribution in [0.3, 0.4) is 0 Å². The molecule has 0 radical (unpaired) electrons. The van der Waals surface area contributed by atoms with Gasteiger partial charge >= 0.3 is 0 Å². The lowest BCUT2D eigenvalue weighted by molar-refractivity contribution is 0.344. The Hall–Kier alpha value is -3.54. The van der Waals surface area contributed by atoms with Gasteiger partial charge in [0.15, 0.2) is 5.17 Å². The van der Waals surface area contributed by atoms with Gasteiger partial charge in [-0.1, -0.05) is 84.6 Å². The molecule has 5 heteroatoms. The molecule has 0 saturated heterocycles. The van der Waals surface area contributed by atoms with Crippen LogP contribution in [0.4, 0.5) is 0 Å². The zero-order valence-corrected chi connectivity index (χ0v) is 20.7. The van der Waals surface area contributed by atoms with Gasteiger partial charge in [-0.25, -0.2) is 4.99 Å². The predicted molar refractivity (Wildman–Crippen MR) is 146 cm³/mol. The number of rotatable bonds is 4. The van der Waals surface area contributed by atoms with Crippen LogP contribution in [-0.2, 0) is 0 Å². The zero-order valence-electron chi connectivity index (χ0n) is 19.9. The van der Waals surface area contributed by atoms with Crippen LogP contribution < -0.4 is 4.74 Å². The van der Waals surface area contributed by atoms with Crippen LogP contribution in [0.5, 0.6) is 5.75 Å². The maximum absolute atomic E-state index is 5.53. The summed E-state index contributed by atoms with van der Waals surface area (Å²) in [5, 5.41) is 3.26. The monoisotopic (exact) mass is 477 g/mol. The number of nitrogens with zero attached hydrogens (tertiary/aromatic N) is 3. The molecular formula is C30H27N3OS. The number of thioether (sulfide) groups is 1. The van der Waals surface area contributed by atoms with Crippen molar-refractivity contribution in [2.75, 3.05) is 27.2 Å². The molecule has 3 aliphatic heterocycles. The number of benzene rings is 3. The van der Waals surface area contributed by atoms with Crippen LogP contribution in [-0.4, -0.2) is 42.2 Å². The molecule has 3 aliphatic rings. The Balaban J connectivity index is 1.50. The molecule has 3 aromatic carbocycles. The second-order valence-electron chi connectivity index (χ2n) is 9.06. The Morgan fingerprint density at radius 3 is 2.49 bits per heavy atom. The van der Waals surface area contributed by atoms with E-state index < -0.39 is 0 Å². The number of likely N-dealkylation sites (N-methyl/N-ethyl adjacent to an activating group) is 1. The summed E-state index contributed by atoms with van der Waals surface area (Å²) in [5.41, 5.74) is 8.53. The van der Waals surface area contributed by atoms with Crippen molar-refractivity contribution in [2.45, 2.75) is 6.04 Å². The van der Waals surface area contributed by atoms with Crippen molar-refractivity contribution in [3.8, 4) is 5.75 Å². The molecule has 4 nitrogen and oxygen atoms in total. The first-order chi connectivity index (χ1) is 17.2. The largest absolute Gasteiger partial charge is 0.497 e. The van der Waals surface area contributed by atoms with Crippen molar-refractivity contribution in [1.29, 1.82) is 0 Å². The molecule has 35 heavy (non-hydrogen) atoms. The number of fused-ring (bicyclic) bond motifs is 1. The topological polar surface area (TPSA) is 28.1 Å². The van der Waals surface area contributed by atoms with Gasteiger partial charge in [-0.3, -0.25) is 4.90 Å². The van der Waals surface area contributed by atoms with Crippen molar-refractivity contribution in [1.82, 2.24) is 9.80 Å². The normalized spacial score (nSPS) is 20.9. The third-order valence-electron chi connectivity index (χ3n) is 6.65. The van der Waals surface area contributed by atoms with Gasteiger partial charge in [-0.15, -0.1) is 0 Å². The summed E-state index contributed by atoms with van der Waals surface area (Å²) in [4.78, 5) is 10.1. The van der Waals surface area contributed by atoms with E-state index in [1.54, 1.807) is 18.9 Å². The Labute approximate surface area is 210 Å². The standard InChI is InChI=1S/C30H27N3OS/c1-32-18-24(16-21-10-5-3-6-11-21)28-26(19-32)29(22-12-7-4-8-13-22)33-27(20-35-30(33)31-28)23-14-9-15-25(17-23)34-2/h3-17,20,29H,18-19H2,1-2H3. The summed E-state index contributed by atoms with van der Waals surface area (Å²) in [7, 11) is 3.91. The number of hydrogen-bond donors (Lipinski definition) is 0. The molecule has 0 aromatic heterocycles. The van der Waals surface area contributed by atoms with Gasteiger partial charge in [0.05, 0.1) is 24.5 Å². The molecule has 0 aliphatic carbocycles. The van der Waals surface area contributed by atoms with Crippen molar-refractivity contribution in [3.05, 3.63) is 124 Å². The molecule has 0 amide bonds. The maximum Gasteiger partial charge on any atom is 0.174 e. The van der Waals surface area contributed by atoms with E-state index >= 15 is 0 Å². The van der Waals surface area contributed by atoms with Crippen LogP contribution in [0, 0.1) is 0 Å². The van der Waals surface area contributed by atoms with E-state index in [4.69, 9.17) is 9.73 Å². The molecule has 0 fully saturated rings. The number of amidine groups is 1. The molecule has 1 atom stereocenters. The summed E-state index contributed by atoms with van der Waals surface area (Å²) in [6.45, 7) is 1.76. The second kappa shape index (κ2) is 9.25. The molecule has 6 rings (SSSR count). The maximum atomic E-state index is 5.53. The van der Waals surface area contributed by atoms with Crippen LogP contribution in [0.25, 0.3) is 11.8 Å². The minimum atomic E-state index is 0.0769. The molecule has 0 N–H and O–H groups in total. The fourth-order valence-electron chi connectivity index (χ4n) is 5.10. The molecule has 3 aromatic rings. The highest BCUT2D eigenvalue weighted by Crippen LogP contribution is 2.49. The number of methoxy groups -OCH3 is 1. The summed E-state index contributed by atoms with van der Waals surface area (Å²) in [5.74, 6) is 0.859. The lowest BCUT2D eigenvalue weighted by atomic mass is 9.88. The Bertz CT molecular complexity index is 1370. The van der Waals surface area contributed by atoms with Crippen molar-refractivity contribution in [3.63, 3.8) is 0 Å². The smallest absolute Gasteiger partial charge is 0.174 e. The lowest BCUT2D eigenvalue weighted by Gasteiger charge is -2.42. The Kier molecular flexibility index (Phi) is 5.80. The molecule has 3 heterocycles. The van der Waals surface area contributed by atoms with Gasteiger partial charge in [-0.05, 0) is 47.5 Å². The Morgan fingerprint density at radius 1 is 0.943 bits per heavy atom. The van der Waals surface area contributed by atoms with E-state index in [-0.39, 0.29) is 6.04 Å². The van der Waals surface area contributed by atoms with Crippen molar-refractivity contribution < 1.29 is 4.74 Å². The van der Waals surface area contributed by atoms with Gasteiger partial charge in [0, 0.05) is 24.1 Å². The van der Waals surface area contributed by atoms with Crippen LogP contribution in [0.15, 0.2) is 112 Å². The number of ether oxygens (including phenoxy) is 1. The summed E-state index contributed by atoms with van der Waals surface area (Å²) < 4.78 is 5.53. The van der Waals surface area contributed by atoms with Gasteiger partial charge < -0.3 is 9.64 Å². The second-order valence-corrected chi connectivity index (χ2v) is 9.89. The third kappa shape index (κ3) is 4.11. The highest BCUT2D eigenvalue weighted by molar-refractivity contribution is 8.16. The highest BCUT2D eigenvalue weighted by Gasteiger charge is 2.41. The number of hydrogen-bond acceptors (Lipinski definition) is 5. The summed E-state index contributed by atoms with van der Waals surface area (Å²) >= 11 is 1.70. The van der Waals surface area contributed by atoms with E-state index in [1.807, 2.05) is 6.07 Å². The van der Waals surface area contributed by atoms with Crippen LogP contribution in [0.1, 0.15) is 22.7 Å². The van der Waals surface area contributed by atoms with Crippen molar-refractivity contribution in [2.24, 2.45) is 4.99 Å². The quantitative estimate of drug-likeness (QED) is 0.432. The Morgan fingerprint density at radius 2 is 1.71 bits per heavy atom. The lowest BCUT2D eigenvalue weighted by Crippen LogP contribution is -2.40. The molecule has 0 spiro atoms. The third-order valence-corrected chi connectivity index (χ3v) is 7.49. The van der Waals surface area contributed by atoms with E-state index in [0.717, 1.165) is 41.0 Å². The van der Waals surface area contributed by atoms with E-state index in [1.165, 1.54) is 22.3 Å². The minimum Gasteiger partial charge on any atom is -0.497 e. The van der Waals surface area contributed by atoms with E-state index in [2.05, 4.69) is 107 Å². The van der Waals surface area contributed by atoms with Crippen molar-refractivity contribution >= 4 is 28.7 Å². The SMILES string of the molecule is COc1cccc(C2=CSC3=NC4=C(CN(C)CC4=Cc4ccccc4)C(c4ccccc4)N23)c1. The first kappa shape index (κ1) is 22.0. The van der Waals surface area contributed by atoms with Gasteiger partial charge in [0.1, 0.15) is 5.75 Å². The van der Waals surface area contributed by atoms with Gasteiger partial charge in [-0.2, -0.15) is 0 Å². The molecule has 0 bridgehead atoms. The molecule has 1 unspecified atom stereocenters. The molecule has 174 valence electrons. The van der Waals surface area contributed by atoms with Gasteiger partial charge in [0.25, 0.3) is 0 Å². The highest BCUT2D eigenvalue weighted by atomic mass is 32.2. The van der Waals surface area contributed by atoms with Gasteiger partial charge in [0.2, 0.25) is 0 Å². The average Bonchev–Trinajstić information content (AvgIpc) is 3.32. The average molecular weight is 478 g/mol. The minimum absolute atomic E-state index is 0.0769. The van der Waals surface area contributed by atoms with Crippen LogP contribution in [0.2, 0.25) is 0 Å². The van der Waals surface area contributed by atoms with E-state index in [0.29, 0.717) is 0 Å². The first-order valence-electron chi connectivity index (χ1n) is 11.8. The number of aliphatic imine (C=N–C) groups is 1. The first-order valence-corrected chi connectivity index (χ1v) is 12.7. The van der Waals surface area contributed by atoms with E-state index in [9.17, 15) is 0 Å². The van der Waals surface area contributed by atoms with Crippen LogP contribution >= 0.6 is 11.8 Å². The fourth-order valence-corrected chi connectivity index (χ4v) is 6.03. The molecular weight excluding hydrogens is 450 g/mol. The summed E-state index contributed by atoms with van der Waals surface area (Å²) in [6.07, 6.45) is 2.29. The zero-order chi connectivity index (χ0) is 23.8.